The van der Waals surface area contributed by atoms with E-state index in [4.69, 9.17) is 9.84 Å². The zero-order valence-electron chi connectivity index (χ0n) is 26.7. The average molecular weight is 563 g/mol. The van der Waals surface area contributed by atoms with Crippen molar-refractivity contribution in [2.45, 2.75) is 193 Å². The van der Waals surface area contributed by atoms with Crippen LogP contribution in [-0.2, 0) is 14.3 Å². The Kier molecular flexibility index (Phi) is 30.7. The highest BCUT2D eigenvalue weighted by atomic mass is 16.5. The minimum atomic E-state index is -0.727. The number of hydrogen-bond donors (Lipinski definition) is 1. The second-order valence-electron chi connectivity index (χ2n) is 11.7. The Hall–Kier alpha value is -1.58. The number of allylic oxidation sites excluding steroid dienone is 4. The fourth-order valence-electron chi connectivity index (χ4n) is 5.10. The number of carboxylic acids is 1. The molecule has 0 aromatic carbocycles. The zero-order chi connectivity index (χ0) is 29.4. The van der Waals surface area contributed by atoms with Gasteiger partial charge >= 0.3 is 11.9 Å². The summed E-state index contributed by atoms with van der Waals surface area (Å²) in [6.07, 6.45) is 38.9. The predicted octanol–water partition coefficient (Wildman–Crippen LogP) is 11.7. The predicted molar refractivity (Wildman–Crippen MR) is 172 cm³/mol. The van der Waals surface area contributed by atoms with Crippen LogP contribution in [0.3, 0.4) is 0 Å². The summed E-state index contributed by atoms with van der Waals surface area (Å²) in [5.41, 5.74) is 0. The molecule has 0 radical (unpaired) electrons. The van der Waals surface area contributed by atoms with Gasteiger partial charge in [0.15, 0.2) is 0 Å². The van der Waals surface area contributed by atoms with Crippen molar-refractivity contribution >= 4 is 11.9 Å². The van der Waals surface area contributed by atoms with Gasteiger partial charge in [0.05, 0.1) is 0 Å². The van der Waals surface area contributed by atoms with Gasteiger partial charge < -0.3 is 9.84 Å². The lowest BCUT2D eigenvalue weighted by Crippen LogP contribution is -2.18. The van der Waals surface area contributed by atoms with Crippen molar-refractivity contribution < 1.29 is 19.4 Å². The van der Waals surface area contributed by atoms with Gasteiger partial charge in [-0.05, 0) is 70.6 Å². The van der Waals surface area contributed by atoms with Crippen molar-refractivity contribution in [3.05, 3.63) is 24.3 Å². The van der Waals surface area contributed by atoms with E-state index in [0.29, 0.717) is 12.8 Å². The molecule has 0 aliphatic heterocycles. The van der Waals surface area contributed by atoms with Crippen LogP contribution in [-0.4, -0.2) is 23.1 Å². The first kappa shape index (κ1) is 38.4. The average Bonchev–Trinajstić information content (AvgIpc) is 2.93. The molecule has 0 rings (SSSR count). The monoisotopic (exact) mass is 562 g/mol. The molecule has 1 unspecified atom stereocenters. The maximum Gasteiger partial charge on any atom is 0.306 e. The molecule has 4 nitrogen and oxygen atoms in total. The lowest BCUT2D eigenvalue weighted by molar-refractivity contribution is -0.150. The summed E-state index contributed by atoms with van der Waals surface area (Å²) in [5, 5.41) is 8.84. The van der Waals surface area contributed by atoms with Crippen molar-refractivity contribution in [3.8, 4) is 0 Å². The molecular weight excluding hydrogens is 496 g/mol. The second-order valence-corrected chi connectivity index (χ2v) is 11.7. The van der Waals surface area contributed by atoms with Crippen LogP contribution in [0.15, 0.2) is 24.3 Å². The van der Waals surface area contributed by atoms with Crippen molar-refractivity contribution in [3.63, 3.8) is 0 Å². The van der Waals surface area contributed by atoms with E-state index < -0.39 is 5.97 Å². The SMILES string of the molecule is CCCCC/C=C\C/C=C\CCCCCCCC(=O)OC(CCCCCCCCCCC)CCCCCC(=O)O. The van der Waals surface area contributed by atoms with E-state index in [1.807, 2.05) is 0 Å². The standard InChI is InChI=1S/C36H66O4/c1-3-5-7-9-11-13-14-15-16-17-18-20-22-24-29-33-36(39)40-34(31-27-25-28-32-35(37)38)30-26-23-21-19-12-10-8-6-4-2/h11,13,15-16,34H,3-10,12,14,17-33H2,1-2H3,(H,37,38)/b13-11-,16-15-. The number of ether oxygens (including phenoxy) is 1. The fraction of sp³-hybridized carbons (Fsp3) is 0.833. The van der Waals surface area contributed by atoms with Crippen LogP contribution in [0.25, 0.3) is 0 Å². The van der Waals surface area contributed by atoms with Crippen LogP contribution >= 0.6 is 0 Å². The zero-order valence-corrected chi connectivity index (χ0v) is 26.7. The summed E-state index contributed by atoms with van der Waals surface area (Å²) in [6, 6.07) is 0. The summed E-state index contributed by atoms with van der Waals surface area (Å²) < 4.78 is 5.90. The van der Waals surface area contributed by atoms with Gasteiger partial charge in [0.2, 0.25) is 0 Å². The third-order valence-electron chi connectivity index (χ3n) is 7.68. The summed E-state index contributed by atoms with van der Waals surface area (Å²) >= 11 is 0. The first-order chi connectivity index (χ1) is 19.6. The molecule has 0 saturated carbocycles. The van der Waals surface area contributed by atoms with Gasteiger partial charge in [-0.15, -0.1) is 0 Å². The molecular formula is C36H66O4. The van der Waals surface area contributed by atoms with Crippen LogP contribution in [0, 0.1) is 0 Å². The Morgan fingerprint density at radius 1 is 0.550 bits per heavy atom. The van der Waals surface area contributed by atoms with E-state index in [9.17, 15) is 9.59 Å². The fourth-order valence-corrected chi connectivity index (χ4v) is 5.10. The molecule has 1 N–H and O–H groups in total. The normalized spacial score (nSPS) is 12.4. The van der Waals surface area contributed by atoms with Gasteiger partial charge in [0.25, 0.3) is 0 Å². The van der Waals surface area contributed by atoms with Gasteiger partial charge in [-0.1, -0.05) is 128 Å². The molecule has 0 aromatic heterocycles. The number of hydrogen-bond acceptors (Lipinski definition) is 3. The van der Waals surface area contributed by atoms with E-state index in [1.165, 1.54) is 96.3 Å². The number of carboxylic acid groups (broad SMARTS) is 1. The molecule has 1 atom stereocenters. The summed E-state index contributed by atoms with van der Waals surface area (Å²) in [4.78, 5) is 23.3. The highest BCUT2D eigenvalue weighted by Gasteiger charge is 2.14. The summed E-state index contributed by atoms with van der Waals surface area (Å²) in [5.74, 6) is -0.771. The lowest BCUT2D eigenvalue weighted by atomic mass is 10.0. The van der Waals surface area contributed by atoms with Crippen molar-refractivity contribution in [2.75, 3.05) is 0 Å². The first-order valence-electron chi connectivity index (χ1n) is 17.3. The molecule has 40 heavy (non-hydrogen) atoms. The Labute approximate surface area is 248 Å². The van der Waals surface area contributed by atoms with Crippen LogP contribution in [0.5, 0.6) is 0 Å². The molecule has 0 spiro atoms. The summed E-state index contributed by atoms with van der Waals surface area (Å²) in [6.45, 7) is 4.50. The number of unbranched alkanes of at least 4 members (excludes halogenated alkanes) is 18. The molecule has 0 aliphatic rings. The van der Waals surface area contributed by atoms with E-state index in [2.05, 4.69) is 38.2 Å². The molecule has 0 aliphatic carbocycles. The molecule has 4 heteroatoms. The maximum atomic E-state index is 12.5. The van der Waals surface area contributed by atoms with Crippen molar-refractivity contribution in [2.24, 2.45) is 0 Å². The number of aliphatic carboxylic acids is 1. The molecule has 0 amide bonds. The highest BCUT2D eigenvalue weighted by molar-refractivity contribution is 5.69. The van der Waals surface area contributed by atoms with Crippen LogP contribution < -0.4 is 0 Å². The largest absolute Gasteiger partial charge is 0.481 e. The number of rotatable bonds is 31. The van der Waals surface area contributed by atoms with Crippen molar-refractivity contribution in [1.29, 1.82) is 0 Å². The quantitative estimate of drug-likeness (QED) is 0.0518. The van der Waals surface area contributed by atoms with E-state index in [-0.39, 0.29) is 18.5 Å². The Morgan fingerprint density at radius 2 is 0.975 bits per heavy atom. The molecule has 0 bridgehead atoms. The van der Waals surface area contributed by atoms with Crippen LogP contribution in [0.1, 0.15) is 187 Å². The minimum absolute atomic E-state index is 0.000134. The number of carbonyl (C=O) groups is 2. The minimum Gasteiger partial charge on any atom is -0.481 e. The number of carbonyl (C=O) groups excluding carboxylic acids is 1. The van der Waals surface area contributed by atoms with Crippen molar-refractivity contribution in [1.82, 2.24) is 0 Å². The van der Waals surface area contributed by atoms with Gasteiger partial charge in [0, 0.05) is 12.8 Å². The third kappa shape index (κ3) is 31.0. The molecule has 234 valence electrons. The van der Waals surface area contributed by atoms with Gasteiger partial charge in [0.1, 0.15) is 6.10 Å². The molecule has 0 saturated heterocycles. The van der Waals surface area contributed by atoms with Gasteiger partial charge in [-0.3, -0.25) is 9.59 Å². The Morgan fingerprint density at radius 3 is 1.55 bits per heavy atom. The second kappa shape index (κ2) is 31.9. The van der Waals surface area contributed by atoms with Crippen LogP contribution in [0.4, 0.5) is 0 Å². The third-order valence-corrected chi connectivity index (χ3v) is 7.68. The highest BCUT2D eigenvalue weighted by Crippen LogP contribution is 2.18. The molecule has 0 fully saturated rings. The topological polar surface area (TPSA) is 63.6 Å². The first-order valence-corrected chi connectivity index (χ1v) is 17.3. The van der Waals surface area contributed by atoms with E-state index >= 15 is 0 Å². The maximum absolute atomic E-state index is 12.5. The van der Waals surface area contributed by atoms with Crippen LogP contribution in [0.2, 0.25) is 0 Å². The molecule has 0 heterocycles. The lowest BCUT2D eigenvalue weighted by Gasteiger charge is -2.18. The Balaban J connectivity index is 3.97. The van der Waals surface area contributed by atoms with E-state index in [1.54, 1.807) is 0 Å². The Bertz CT molecular complexity index is 610. The molecule has 0 aromatic rings. The number of esters is 1. The summed E-state index contributed by atoms with van der Waals surface area (Å²) in [7, 11) is 0. The van der Waals surface area contributed by atoms with Gasteiger partial charge in [-0.25, -0.2) is 0 Å². The van der Waals surface area contributed by atoms with Gasteiger partial charge in [-0.2, -0.15) is 0 Å². The van der Waals surface area contributed by atoms with E-state index in [0.717, 1.165) is 57.8 Å². The smallest absolute Gasteiger partial charge is 0.306 e.